The van der Waals surface area contributed by atoms with Crippen molar-refractivity contribution in [1.82, 2.24) is 10.2 Å². The molecule has 2 aromatic rings. The minimum Gasteiger partial charge on any atom is -0.356 e. The molecule has 1 saturated heterocycles. The lowest BCUT2D eigenvalue weighted by Gasteiger charge is -2.34. The van der Waals surface area contributed by atoms with Gasteiger partial charge in [0.1, 0.15) is 0 Å². The maximum atomic E-state index is 12.2. The molecule has 1 heterocycles. The molecule has 26 heavy (non-hydrogen) atoms. The van der Waals surface area contributed by atoms with Gasteiger partial charge in [0.05, 0.1) is 6.42 Å². The van der Waals surface area contributed by atoms with E-state index in [2.05, 4.69) is 54.4 Å². The number of piperidine rings is 1. The molecule has 0 spiro atoms. The molecular formula is C23H32N2O. The third-order valence-electron chi connectivity index (χ3n) is 5.35. The standard InChI is InChI=1S/C23H32N2O/c1-18-13-19(2)17-25(16-18)12-6-5-11-24-23(26)15-20-9-10-21-7-3-4-8-22(21)14-20/h3-4,7-10,14,18-19H,5-6,11-13,15-17H2,1-2H3,(H,24,26). The van der Waals surface area contributed by atoms with Crippen LogP contribution in [0, 0.1) is 11.8 Å². The molecule has 140 valence electrons. The number of rotatable bonds is 7. The molecule has 0 aliphatic carbocycles. The number of unbranched alkanes of at least 4 members (excludes halogenated alkanes) is 1. The molecule has 0 aromatic heterocycles. The zero-order valence-electron chi connectivity index (χ0n) is 16.2. The second-order valence-electron chi connectivity index (χ2n) is 8.12. The normalized spacial score (nSPS) is 21.0. The molecule has 2 aromatic carbocycles. The second-order valence-corrected chi connectivity index (χ2v) is 8.12. The Kier molecular flexibility index (Phi) is 6.67. The predicted octanol–water partition coefficient (Wildman–Crippen LogP) is 4.26. The Hall–Kier alpha value is -1.87. The van der Waals surface area contributed by atoms with Crippen LogP contribution in [0.5, 0.6) is 0 Å². The van der Waals surface area contributed by atoms with Crippen LogP contribution in [-0.4, -0.2) is 37.0 Å². The van der Waals surface area contributed by atoms with Gasteiger partial charge in [-0.15, -0.1) is 0 Å². The number of amides is 1. The fourth-order valence-corrected chi connectivity index (χ4v) is 4.26. The van der Waals surface area contributed by atoms with Crippen molar-refractivity contribution >= 4 is 16.7 Å². The molecule has 1 aliphatic rings. The van der Waals surface area contributed by atoms with Crippen molar-refractivity contribution < 1.29 is 4.79 Å². The summed E-state index contributed by atoms with van der Waals surface area (Å²) in [5.41, 5.74) is 1.08. The van der Waals surface area contributed by atoms with Gasteiger partial charge in [-0.25, -0.2) is 0 Å². The molecule has 1 fully saturated rings. The highest BCUT2D eigenvalue weighted by Gasteiger charge is 2.20. The topological polar surface area (TPSA) is 32.3 Å². The van der Waals surface area contributed by atoms with E-state index >= 15 is 0 Å². The number of likely N-dealkylation sites (tertiary alicyclic amines) is 1. The third-order valence-corrected chi connectivity index (χ3v) is 5.35. The number of hydrogen-bond donors (Lipinski definition) is 1. The Morgan fingerprint density at radius 1 is 1.04 bits per heavy atom. The average molecular weight is 353 g/mol. The number of benzene rings is 2. The van der Waals surface area contributed by atoms with Gasteiger partial charge in [0, 0.05) is 19.6 Å². The zero-order valence-corrected chi connectivity index (χ0v) is 16.2. The van der Waals surface area contributed by atoms with Gasteiger partial charge in [-0.05, 0) is 54.0 Å². The first-order chi connectivity index (χ1) is 12.6. The summed E-state index contributed by atoms with van der Waals surface area (Å²) >= 11 is 0. The van der Waals surface area contributed by atoms with Gasteiger partial charge in [0.2, 0.25) is 5.91 Å². The Morgan fingerprint density at radius 3 is 2.54 bits per heavy atom. The lowest BCUT2D eigenvalue weighted by Crippen LogP contribution is -2.39. The van der Waals surface area contributed by atoms with Crippen molar-refractivity contribution in [2.24, 2.45) is 11.8 Å². The SMILES string of the molecule is CC1CC(C)CN(CCCCNC(=O)Cc2ccc3ccccc3c2)C1. The van der Waals surface area contributed by atoms with Gasteiger partial charge >= 0.3 is 0 Å². The summed E-state index contributed by atoms with van der Waals surface area (Å²) in [5.74, 6) is 1.77. The van der Waals surface area contributed by atoms with Gasteiger partial charge < -0.3 is 10.2 Å². The Labute approximate surface area is 157 Å². The van der Waals surface area contributed by atoms with E-state index in [-0.39, 0.29) is 5.91 Å². The van der Waals surface area contributed by atoms with Crippen LogP contribution >= 0.6 is 0 Å². The summed E-state index contributed by atoms with van der Waals surface area (Å²) in [4.78, 5) is 14.8. The van der Waals surface area contributed by atoms with E-state index in [4.69, 9.17) is 0 Å². The average Bonchev–Trinajstić information content (AvgIpc) is 2.60. The van der Waals surface area contributed by atoms with Crippen molar-refractivity contribution in [1.29, 1.82) is 0 Å². The van der Waals surface area contributed by atoms with Crippen LogP contribution in [0.2, 0.25) is 0 Å². The summed E-state index contributed by atoms with van der Waals surface area (Å²) in [5, 5.41) is 5.49. The summed E-state index contributed by atoms with van der Waals surface area (Å²) in [6.07, 6.45) is 4.05. The van der Waals surface area contributed by atoms with Crippen LogP contribution in [0.1, 0.15) is 38.7 Å². The molecule has 3 rings (SSSR count). The van der Waals surface area contributed by atoms with Crippen LogP contribution < -0.4 is 5.32 Å². The van der Waals surface area contributed by atoms with Gasteiger partial charge in [0.15, 0.2) is 0 Å². The molecule has 1 N–H and O–H groups in total. The number of hydrogen-bond acceptors (Lipinski definition) is 2. The molecule has 0 radical (unpaired) electrons. The van der Waals surface area contributed by atoms with Crippen LogP contribution in [0.15, 0.2) is 42.5 Å². The molecule has 1 amide bonds. The highest BCUT2D eigenvalue weighted by atomic mass is 16.1. The minimum absolute atomic E-state index is 0.125. The Morgan fingerprint density at radius 2 is 1.77 bits per heavy atom. The quantitative estimate of drug-likeness (QED) is 0.755. The fraction of sp³-hybridized carbons (Fsp3) is 0.522. The van der Waals surface area contributed by atoms with E-state index in [0.717, 1.165) is 43.3 Å². The minimum atomic E-state index is 0.125. The summed E-state index contributed by atoms with van der Waals surface area (Å²) in [7, 11) is 0. The van der Waals surface area contributed by atoms with E-state index < -0.39 is 0 Å². The van der Waals surface area contributed by atoms with Gasteiger partial charge in [-0.1, -0.05) is 56.3 Å². The van der Waals surface area contributed by atoms with Crippen molar-refractivity contribution in [2.75, 3.05) is 26.2 Å². The predicted molar refractivity (Wildman–Crippen MR) is 109 cm³/mol. The van der Waals surface area contributed by atoms with Crippen molar-refractivity contribution in [3.63, 3.8) is 0 Å². The van der Waals surface area contributed by atoms with Crippen molar-refractivity contribution in [3.05, 3.63) is 48.0 Å². The molecule has 1 aliphatic heterocycles. The van der Waals surface area contributed by atoms with E-state index in [9.17, 15) is 4.79 Å². The van der Waals surface area contributed by atoms with Crippen LogP contribution in [0.4, 0.5) is 0 Å². The summed E-state index contributed by atoms with van der Waals surface area (Å²) < 4.78 is 0. The highest BCUT2D eigenvalue weighted by molar-refractivity contribution is 5.85. The number of fused-ring (bicyclic) bond motifs is 1. The monoisotopic (exact) mass is 352 g/mol. The maximum absolute atomic E-state index is 12.2. The molecule has 3 heteroatoms. The summed E-state index contributed by atoms with van der Waals surface area (Å²) in [6.45, 7) is 9.13. The van der Waals surface area contributed by atoms with Gasteiger partial charge in [0.25, 0.3) is 0 Å². The fourth-order valence-electron chi connectivity index (χ4n) is 4.26. The molecule has 0 bridgehead atoms. The van der Waals surface area contributed by atoms with E-state index in [1.807, 2.05) is 12.1 Å². The second kappa shape index (κ2) is 9.18. The Balaban J connectivity index is 1.35. The number of carbonyl (C=O) groups is 1. The molecule has 2 unspecified atom stereocenters. The molecule has 3 nitrogen and oxygen atoms in total. The van der Waals surface area contributed by atoms with Gasteiger partial charge in [-0.3, -0.25) is 4.79 Å². The zero-order chi connectivity index (χ0) is 18.4. The molecular weight excluding hydrogens is 320 g/mol. The molecule has 0 saturated carbocycles. The van der Waals surface area contributed by atoms with E-state index in [0.29, 0.717) is 6.42 Å². The van der Waals surface area contributed by atoms with Crippen LogP contribution in [0.3, 0.4) is 0 Å². The van der Waals surface area contributed by atoms with Crippen molar-refractivity contribution in [2.45, 2.75) is 39.5 Å². The number of nitrogens with zero attached hydrogens (tertiary/aromatic N) is 1. The first-order valence-electron chi connectivity index (χ1n) is 10.1. The Bertz CT molecular complexity index is 717. The van der Waals surface area contributed by atoms with Gasteiger partial charge in [-0.2, -0.15) is 0 Å². The van der Waals surface area contributed by atoms with Crippen LogP contribution in [-0.2, 0) is 11.2 Å². The smallest absolute Gasteiger partial charge is 0.224 e. The highest BCUT2D eigenvalue weighted by Crippen LogP contribution is 2.21. The maximum Gasteiger partial charge on any atom is 0.224 e. The first-order valence-corrected chi connectivity index (χ1v) is 10.1. The van der Waals surface area contributed by atoms with Crippen LogP contribution in [0.25, 0.3) is 10.8 Å². The third kappa shape index (κ3) is 5.57. The summed E-state index contributed by atoms with van der Waals surface area (Å²) in [6, 6.07) is 14.5. The lowest BCUT2D eigenvalue weighted by molar-refractivity contribution is -0.120. The number of nitrogens with one attached hydrogen (secondary N) is 1. The van der Waals surface area contributed by atoms with E-state index in [1.54, 1.807) is 0 Å². The lowest BCUT2D eigenvalue weighted by atomic mass is 9.92. The molecule has 2 atom stereocenters. The number of carbonyl (C=O) groups excluding carboxylic acids is 1. The first kappa shape index (κ1) is 18.9. The van der Waals surface area contributed by atoms with E-state index in [1.165, 1.54) is 30.3 Å². The largest absolute Gasteiger partial charge is 0.356 e. The van der Waals surface area contributed by atoms with Crippen molar-refractivity contribution in [3.8, 4) is 0 Å².